The van der Waals surface area contributed by atoms with E-state index in [-0.39, 0.29) is 6.10 Å². The zero-order chi connectivity index (χ0) is 12.4. The standard InChI is InChI=1S/C12H20N4O/c1-9(17)10-5-7-16(8-10)11-4-6-13-12(14-11)15(2)3/h4,6,9-10,17H,5,7-8H2,1-3H3. The normalized spacial score (nSPS) is 21.6. The maximum Gasteiger partial charge on any atom is 0.226 e. The van der Waals surface area contributed by atoms with Crippen molar-refractivity contribution in [3.8, 4) is 0 Å². The molecular weight excluding hydrogens is 216 g/mol. The van der Waals surface area contributed by atoms with Gasteiger partial charge in [-0.05, 0) is 19.4 Å². The van der Waals surface area contributed by atoms with Crippen molar-refractivity contribution in [2.24, 2.45) is 5.92 Å². The van der Waals surface area contributed by atoms with Crippen LogP contribution in [0.3, 0.4) is 0 Å². The Balaban J connectivity index is 2.11. The second-order valence-corrected chi connectivity index (χ2v) is 4.84. The van der Waals surface area contributed by atoms with Gasteiger partial charge in [0.15, 0.2) is 0 Å². The minimum absolute atomic E-state index is 0.241. The van der Waals surface area contributed by atoms with Crippen molar-refractivity contribution in [3.05, 3.63) is 12.3 Å². The maximum absolute atomic E-state index is 9.59. The lowest BCUT2D eigenvalue weighted by Crippen LogP contribution is -2.25. The summed E-state index contributed by atoms with van der Waals surface area (Å²) in [5.74, 6) is 2.03. The molecule has 1 N–H and O–H groups in total. The number of hydrogen-bond acceptors (Lipinski definition) is 5. The first-order valence-electron chi connectivity index (χ1n) is 6.01. The fourth-order valence-electron chi connectivity index (χ4n) is 2.12. The zero-order valence-corrected chi connectivity index (χ0v) is 10.7. The topological polar surface area (TPSA) is 52.5 Å². The van der Waals surface area contributed by atoms with Crippen LogP contribution in [0.1, 0.15) is 13.3 Å². The van der Waals surface area contributed by atoms with Gasteiger partial charge in [-0.2, -0.15) is 4.98 Å². The molecule has 5 heteroatoms. The Bertz CT molecular complexity index is 381. The Morgan fingerprint density at radius 1 is 1.53 bits per heavy atom. The van der Waals surface area contributed by atoms with Gasteiger partial charge in [-0.25, -0.2) is 4.98 Å². The summed E-state index contributed by atoms with van der Waals surface area (Å²) in [6, 6.07) is 1.93. The van der Waals surface area contributed by atoms with Crippen LogP contribution in [0.4, 0.5) is 11.8 Å². The quantitative estimate of drug-likeness (QED) is 0.839. The molecular formula is C12H20N4O. The second-order valence-electron chi connectivity index (χ2n) is 4.84. The van der Waals surface area contributed by atoms with E-state index in [0.29, 0.717) is 5.92 Å². The molecule has 2 rings (SSSR count). The first-order valence-corrected chi connectivity index (χ1v) is 6.01. The zero-order valence-electron chi connectivity index (χ0n) is 10.7. The molecule has 0 amide bonds. The summed E-state index contributed by atoms with van der Waals surface area (Å²) < 4.78 is 0. The largest absolute Gasteiger partial charge is 0.393 e. The SMILES string of the molecule is CC(O)C1CCN(c2ccnc(N(C)C)n2)C1. The average molecular weight is 236 g/mol. The Labute approximate surface area is 102 Å². The molecule has 0 radical (unpaired) electrons. The van der Waals surface area contributed by atoms with Gasteiger partial charge >= 0.3 is 0 Å². The number of aliphatic hydroxyl groups is 1. The number of rotatable bonds is 3. The van der Waals surface area contributed by atoms with Gasteiger partial charge in [-0.1, -0.05) is 0 Å². The summed E-state index contributed by atoms with van der Waals surface area (Å²) in [7, 11) is 3.86. The third-order valence-electron chi connectivity index (χ3n) is 3.26. The van der Waals surface area contributed by atoms with Gasteiger partial charge in [0.2, 0.25) is 5.95 Å². The Morgan fingerprint density at radius 3 is 2.88 bits per heavy atom. The van der Waals surface area contributed by atoms with Gasteiger partial charge in [0.1, 0.15) is 5.82 Å². The molecule has 5 nitrogen and oxygen atoms in total. The highest BCUT2D eigenvalue weighted by Gasteiger charge is 2.26. The van der Waals surface area contributed by atoms with Crippen molar-refractivity contribution < 1.29 is 5.11 Å². The minimum atomic E-state index is -0.241. The van der Waals surface area contributed by atoms with Gasteiger partial charge in [0, 0.05) is 39.3 Å². The van der Waals surface area contributed by atoms with E-state index in [4.69, 9.17) is 0 Å². The number of aliphatic hydroxyl groups excluding tert-OH is 1. The van der Waals surface area contributed by atoms with E-state index in [2.05, 4.69) is 14.9 Å². The van der Waals surface area contributed by atoms with E-state index < -0.39 is 0 Å². The minimum Gasteiger partial charge on any atom is -0.393 e. The molecule has 1 aromatic heterocycles. The Kier molecular flexibility index (Phi) is 3.47. The maximum atomic E-state index is 9.59. The number of hydrogen-bond donors (Lipinski definition) is 1. The predicted molar refractivity (Wildman–Crippen MR) is 68.4 cm³/mol. The molecule has 2 heterocycles. The molecule has 1 aliphatic heterocycles. The molecule has 0 bridgehead atoms. The molecule has 1 aromatic rings. The van der Waals surface area contributed by atoms with E-state index in [9.17, 15) is 5.11 Å². The van der Waals surface area contributed by atoms with Crippen LogP contribution in [0.5, 0.6) is 0 Å². The fraction of sp³-hybridized carbons (Fsp3) is 0.667. The summed E-state index contributed by atoms with van der Waals surface area (Å²) in [5.41, 5.74) is 0. The number of nitrogens with zero attached hydrogens (tertiary/aromatic N) is 4. The Morgan fingerprint density at radius 2 is 2.29 bits per heavy atom. The summed E-state index contributed by atoms with van der Waals surface area (Å²) >= 11 is 0. The van der Waals surface area contributed by atoms with Crippen LogP contribution in [0.25, 0.3) is 0 Å². The molecule has 2 atom stereocenters. The van der Waals surface area contributed by atoms with E-state index in [1.807, 2.05) is 32.0 Å². The van der Waals surface area contributed by atoms with Gasteiger partial charge in [0.25, 0.3) is 0 Å². The molecule has 0 saturated carbocycles. The Hall–Kier alpha value is -1.36. The smallest absolute Gasteiger partial charge is 0.226 e. The van der Waals surface area contributed by atoms with Gasteiger partial charge < -0.3 is 14.9 Å². The highest BCUT2D eigenvalue weighted by molar-refractivity contribution is 5.44. The van der Waals surface area contributed by atoms with E-state index in [1.54, 1.807) is 6.20 Å². The van der Waals surface area contributed by atoms with E-state index in [1.165, 1.54) is 0 Å². The van der Waals surface area contributed by atoms with Crippen molar-refractivity contribution in [1.82, 2.24) is 9.97 Å². The number of anilines is 2. The lowest BCUT2D eigenvalue weighted by molar-refractivity contribution is 0.136. The van der Waals surface area contributed by atoms with Gasteiger partial charge in [-0.3, -0.25) is 0 Å². The molecule has 94 valence electrons. The predicted octanol–water partition coefficient (Wildman–Crippen LogP) is 0.750. The van der Waals surface area contributed by atoms with Gasteiger partial charge in [0.05, 0.1) is 6.10 Å². The molecule has 0 spiro atoms. The molecule has 1 aliphatic rings. The molecule has 1 saturated heterocycles. The molecule has 0 aliphatic carbocycles. The van der Waals surface area contributed by atoms with Crippen LogP contribution in [0.2, 0.25) is 0 Å². The van der Waals surface area contributed by atoms with Crippen molar-refractivity contribution >= 4 is 11.8 Å². The first-order chi connectivity index (χ1) is 8.08. The summed E-state index contributed by atoms with van der Waals surface area (Å²) in [6.45, 7) is 3.69. The summed E-state index contributed by atoms with van der Waals surface area (Å²) in [5, 5.41) is 9.59. The van der Waals surface area contributed by atoms with Crippen molar-refractivity contribution in [1.29, 1.82) is 0 Å². The fourth-order valence-corrected chi connectivity index (χ4v) is 2.12. The van der Waals surface area contributed by atoms with Crippen LogP contribution in [-0.2, 0) is 0 Å². The van der Waals surface area contributed by atoms with Crippen molar-refractivity contribution in [2.75, 3.05) is 37.0 Å². The molecule has 0 aromatic carbocycles. The van der Waals surface area contributed by atoms with Crippen molar-refractivity contribution in [2.45, 2.75) is 19.4 Å². The lowest BCUT2D eigenvalue weighted by Gasteiger charge is -2.20. The summed E-state index contributed by atoms with van der Waals surface area (Å²) in [6.07, 6.45) is 2.57. The highest BCUT2D eigenvalue weighted by atomic mass is 16.3. The van der Waals surface area contributed by atoms with Crippen LogP contribution in [0.15, 0.2) is 12.3 Å². The highest BCUT2D eigenvalue weighted by Crippen LogP contribution is 2.24. The van der Waals surface area contributed by atoms with Crippen LogP contribution >= 0.6 is 0 Å². The monoisotopic (exact) mass is 236 g/mol. The van der Waals surface area contributed by atoms with Crippen LogP contribution in [-0.4, -0.2) is 48.4 Å². The average Bonchev–Trinajstić information content (AvgIpc) is 2.78. The molecule has 17 heavy (non-hydrogen) atoms. The van der Waals surface area contributed by atoms with E-state index in [0.717, 1.165) is 31.3 Å². The molecule has 2 unspecified atom stereocenters. The number of aromatic nitrogens is 2. The van der Waals surface area contributed by atoms with Gasteiger partial charge in [-0.15, -0.1) is 0 Å². The second kappa shape index (κ2) is 4.87. The third-order valence-corrected chi connectivity index (χ3v) is 3.26. The first kappa shape index (κ1) is 12.1. The third kappa shape index (κ3) is 2.66. The van der Waals surface area contributed by atoms with Crippen LogP contribution in [0, 0.1) is 5.92 Å². The van der Waals surface area contributed by atoms with Crippen molar-refractivity contribution in [3.63, 3.8) is 0 Å². The van der Waals surface area contributed by atoms with E-state index >= 15 is 0 Å². The molecule has 1 fully saturated rings. The lowest BCUT2D eigenvalue weighted by atomic mass is 10.0. The van der Waals surface area contributed by atoms with Crippen LogP contribution < -0.4 is 9.80 Å². The summed E-state index contributed by atoms with van der Waals surface area (Å²) in [4.78, 5) is 12.8.